The number of carbonyl (C=O) groups excluding carboxylic acids is 1. The third-order valence-electron chi connectivity index (χ3n) is 3.68. The highest BCUT2D eigenvalue weighted by Gasteiger charge is 2.19. The second kappa shape index (κ2) is 8.17. The van der Waals surface area contributed by atoms with Gasteiger partial charge in [0.15, 0.2) is 0 Å². The zero-order chi connectivity index (χ0) is 17.9. The molecular weight excluding hydrogens is 374 g/mol. The van der Waals surface area contributed by atoms with Gasteiger partial charge in [-0.1, -0.05) is 53.0 Å². The van der Waals surface area contributed by atoms with Crippen molar-refractivity contribution >= 4 is 46.4 Å². The lowest BCUT2D eigenvalue weighted by molar-refractivity contribution is -0.117. The molecule has 24 heavy (non-hydrogen) atoms. The lowest BCUT2D eigenvalue weighted by Gasteiger charge is -2.25. The SMILES string of the molecule is CC(c1ccccc1F)N(C)CC(=O)Nc1c(Cl)cc(Cl)cc1Cl. The molecule has 0 saturated carbocycles. The van der Waals surface area contributed by atoms with Crippen LogP contribution in [0.2, 0.25) is 15.1 Å². The Hall–Kier alpha value is -1.33. The Morgan fingerprint density at radius 1 is 1.21 bits per heavy atom. The molecule has 1 N–H and O–H groups in total. The average molecular weight is 390 g/mol. The van der Waals surface area contributed by atoms with Crippen LogP contribution in [0.4, 0.5) is 10.1 Å². The number of nitrogens with zero attached hydrogens (tertiary/aromatic N) is 1. The number of hydrogen-bond acceptors (Lipinski definition) is 2. The van der Waals surface area contributed by atoms with Gasteiger partial charge in [0.1, 0.15) is 5.82 Å². The molecule has 0 saturated heterocycles. The van der Waals surface area contributed by atoms with E-state index in [1.54, 1.807) is 30.1 Å². The van der Waals surface area contributed by atoms with Gasteiger partial charge in [-0.3, -0.25) is 9.69 Å². The highest BCUT2D eigenvalue weighted by Crippen LogP contribution is 2.33. The molecule has 2 aromatic carbocycles. The van der Waals surface area contributed by atoms with Crippen LogP contribution in [0.15, 0.2) is 36.4 Å². The minimum absolute atomic E-state index is 0.0464. The van der Waals surface area contributed by atoms with E-state index in [0.717, 1.165) is 0 Å². The molecule has 2 aromatic rings. The van der Waals surface area contributed by atoms with Gasteiger partial charge in [-0.15, -0.1) is 0 Å². The molecule has 0 aliphatic rings. The Morgan fingerprint density at radius 2 is 1.79 bits per heavy atom. The fourth-order valence-corrected chi connectivity index (χ4v) is 3.17. The third-order valence-corrected chi connectivity index (χ3v) is 4.50. The molecule has 0 heterocycles. The van der Waals surface area contributed by atoms with Crippen LogP contribution >= 0.6 is 34.8 Å². The monoisotopic (exact) mass is 388 g/mol. The number of hydrogen-bond donors (Lipinski definition) is 1. The van der Waals surface area contributed by atoms with Crippen molar-refractivity contribution in [2.75, 3.05) is 18.9 Å². The van der Waals surface area contributed by atoms with Crippen LogP contribution in [0.25, 0.3) is 0 Å². The minimum Gasteiger partial charge on any atom is -0.322 e. The van der Waals surface area contributed by atoms with E-state index in [0.29, 0.717) is 16.3 Å². The number of likely N-dealkylation sites (N-methyl/N-ethyl adjacent to an activating group) is 1. The summed E-state index contributed by atoms with van der Waals surface area (Å²) in [6.45, 7) is 1.87. The van der Waals surface area contributed by atoms with E-state index < -0.39 is 0 Å². The number of benzene rings is 2. The van der Waals surface area contributed by atoms with E-state index in [1.165, 1.54) is 18.2 Å². The summed E-state index contributed by atoms with van der Waals surface area (Å²) in [6, 6.07) is 9.20. The average Bonchev–Trinajstić information content (AvgIpc) is 2.50. The van der Waals surface area contributed by atoms with Crippen LogP contribution < -0.4 is 5.32 Å². The molecule has 1 atom stereocenters. The lowest BCUT2D eigenvalue weighted by atomic mass is 10.1. The summed E-state index contributed by atoms with van der Waals surface area (Å²) >= 11 is 17.9. The van der Waals surface area contributed by atoms with Gasteiger partial charge in [0.2, 0.25) is 5.91 Å². The van der Waals surface area contributed by atoms with Crippen molar-refractivity contribution in [3.63, 3.8) is 0 Å². The van der Waals surface area contributed by atoms with Gasteiger partial charge in [-0.2, -0.15) is 0 Å². The van der Waals surface area contributed by atoms with E-state index in [2.05, 4.69) is 5.32 Å². The topological polar surface area (TPSA) is 32.3 Å². The largest absolute Gasteiger partial charge is 0.322 e. The Kier molecular flexibility index (Phi) is 6.47. The van der Waals surface area contributed by atoms with Crippen molar-refractivity contribution in [1.82, 2.24) is 4.90 Å². The summed E-state index contributed by atoms with van der Waals surface area (Å²) < 4.78 is 13.9. The molecule has 3 nitrogen and oxygen atoms in total. The highest BCUT2D eigenvalue weighted by atomic mass is 35.5. The smallest absolute Gasteiger partial charge is 0.238 e. The highest BCUT2D eigenvalue weighted by molar-refractivity contribution is 6.42. The van der Waals surface area contributed by atoms with Gasteiger partial charge in [-0.25, -0.2) is 4.39 Å². The van der Waals surface area contributed by atoms with E-state index in [4.69, 9.17) is 34.8 Å². The number of carbonyl (C=O) groups is 1. The van der Waals surface area contributed by atoms with Crippen molar-refractivity contribution in [1.29, 1.82) is 0 Å². The summed E-state index contributed by atoms with van der Waals surface area (Å²) in [4.78, 5) is 14.0. The standard InChI is InChI=1S/C17H16Cl3FN2O/c1-10(12-5-3-4-6-15(12)21)23(2)9-16(24)22-17-13(19)7-11(18)8-14(17)20/h3-8,10H,9H2,1-2H3,(H,22,24). The van der Waals surface area contributed by atoms with Gasteiger partial charge in [0, 0.05) is 16.6 Å². The van der Waals surface area contributed by atoms with Crippen LogP contribution in [-0.2, 0) is 4.79 Å². The molecular formula is C17H16Cl3FN2O. The van der Waals surface area contributed by atoms with Gasteiger partial charge in [0.05, 0.1) is 22.3 Å². The van der Waals surface area contributed by atoms with Crippen molar-refractivity contribution in [2.24, 2.45) is 0 Å². The third kappa shape index (κ3) is 4.61. The maximum atomic E-state index is 13.9. The molecule has 0 aliphatic heterocycles. The maximum absolute atomic E-state index is 13.9. The molecule has 0 bridgehead atoms. The van der Waals surface area contributed by atoms with Crippen molar-refractivity contribution < 1.29 is 9.18 Å². The molecule has 2 rings (SSSR count). The van der Waals surface area contributed by atoms with Crippen molar-refractivity contribution in [3.05, 3.63) is 62.8 Å². The van der Waals surface area contributed by atoms with Crippen LogP contribution in [0.5, 0.6) is 0 Å². The first-order chi connectivity index (χ1) is 11.3. The number of nitrogens with one attached hydrogen (secondary N) is 1. The Labute approximate surface area is 155 Å². The Morgan fingerprint density at radius 3 is 2.38 bits per heavy atom. The van der Waals surface area contributed by atoms with Crippen molar-refractivity contribution in [2.45, 2.75) is 13.0 Å². The van der Waals surface area contributed by atoms with E-state index in [1.807, 2.05) is 6.92 Å². The van der Waals surface area contributed by atoms with E-state index in [9.17, 15) is 9.18 Å². The first kappa shape index (κ1) is 19.0. The first-order valence-electron chi connectivity index (χ1n) is 7.18. The first-order valence-corrected chi connectivity index (χ1v) is 8.32. The lowest BCUT2D eigenvalue weighted by Crippen LogP contribution is -2.32. The van der Waals surface area contributed by atoms with E-state index >= 15 is 0 Å². The number of amides is 1. The van der Waals surface area contributed by atoms with Gasteiger partial charge >= 0.3 is 0 Å². The zero-order valence-corrected chi connectivity index (χ0v) is 15.4. The molecule has 0 fully saturated rings. The molecule has 1 unspecified atom stereocenters. The van der Waals surface area contributed by atoms with Crippen LogP contribution in [-0.4, -0.2) is 24.4 Å². The van der Waals surface area contributed by atoms with E-state index in [-0.39, 0.29) is 34.4 Å². The predicted octanol–water partition coefficient (Wildman–Crippen LogP) is 5.42. The van der Waals surface area contributed by atoms with Gasteiger partial charge < -0.3 is 5.32 Å². The number of halogens is 4. The molecule has 0 aliphatic carbocycles. The molecule has 0 radical (unpaired) electrons. The van der Waals surface area contributed by atoms with Crippen molar-refractivity contribution in [3.8, 4) is 0 Å². The fourth-order valence-electron chi connectivity index (χ4n) is 2.26. The zero-order valence-electron chi connectivity index (χ0n) is 13.1. The van der Waals surface area contributed by atoms with Gasteiger partial charge in [-0.05, 0) is 32.2 Å². The summed E-state index contributed by atoms with van der Waals surface area (Å²) in [6.07, 6.45) is 0. The normalized spacial score (nSPS) is 12.3. The number of anilines is 1. The number of rotatable bonds is 5. The summed E-state index contributed by atoms with van der Waals surface area (Å²) in [5.41, 5.74) is 0.829. The molecule has 0 spiro atoms. The Balaban J connectivity index is 2.06. The second-order valence-electron chi connectivity index (χ2n) is 5.41. The molecule has 128 valence electrons. The summed E-state index contributed by atoms with van der Waals surface area (Å²) in [5.74, 6) is -0.618. The fraction of sp³-hybridized carbons (Fsp3) is 0.235. The molecule has 1 amide bonds. The van der Waals surface area contributed by atoms with Crippen LogP contribution in [0.3, 0.4) is 0 Å². The second-order valence-corrected chi connectivity index (χ2v) is 6.66. The quantitative estimate of drug-likeness (QED) is 0.741. The predicted molar refractivity (Wildman–Crippen MR) is 97.5 cm³/mol. The molecule has 7 heteroatoms. The summed E-state index contributed by atoms with van der Waals surface area (Å²) in [7, 11) is 1.74. The summed E-state index contributed by atoms with van der Waals surface area (Å²) in [5, 5.41) is 3.55. The minimum atomic E-state index is -0.313. The molecule has 0 aromatic heterocycles. The van der Waals surface area contributed by atoms with Gasteiger partial charge in [0.25, 0.3) is 0 Å². The maximum Gasteiger partial charge on any atom is 0.238 e. The van der Waals surface area contributed by atoms with Crippen LogP contribution in [0.1, 0.15) is 18.5 Å². The Bertz CT molecular complexity index is 731. The van der Waals surface area contributed by atoms with Crippen LogP contribution in [0, 0.1) is 5.82 Å².